The average molecular weight is 313 g/mol. The maximum Gasteiger partial charge on any atom is 0.186 e. The molecule has 6 heteroatoms. The second-order valence-corrected chi connectivity index (χ2v) is 7.21. The Bertz CT molecular complexity index is 752. The molecule has 0 atom stereocenters. The molecule has 1 saturated heterocycles. The molecule has 1 aliphatic rings. The minimum atomic E-state index is 0.475. The summed E-state index contributed by atoms with van der Waals surface area (Å²) in [7, 11) is 0. The molecule has 5 nitrogen and oxygen atoms in total. The molecule has 4 heterocycles. The van der Waals surface area contributed by atoms with Gasteiger partial charge in [0.15, 0.2) is 5.13 Å². The summed E-state index contributed by atoms with van der Waals surface area (Å²) in [6, 6.07) is 2.04. The van der Waals surface area contributed by atoms with Crippen molar-refractivity contribution in [2.45, 2.75) is 26.3 Å². The first-order chi connectivity index (χ1) is 10.7. The molecule has 3 aromatic heterocycles. The lowest BCUT2D eigenvalue weighted by Gasteiger charge is -2.39. The molecule has 0 radical (unpaired) electrons. The maximum atomic E-state index is 4.67. The first kappa shape index (κ1) is 13.7. The third kappa shape index (κ3) is 2.37. The first-order valence-corrected chi connectivity index (χ1v) is 8.49. The molecule has 0 aromatic carbocycles. The Hall–Kier alpha value is -1.95. The van der Waals surface area contributed by atoms with Crippen molar-refractivity contribution in [2.75, 3.05) is 18.0 Å². The lowest BCUT2D eigenvalue weighted by atomic mass is 10.0. The topological polar surface area (TPSA) is 46.8 Å². The molecule has 114 valence electrons. The van der Waals surface area contributed by atoms with E-state index in [-0.39, 0.29) is 0 Å². The number of hydrogen-bond donors (Lipinski definition) is 0. The van der Waals surface area contributed by atoms with Crippen LogP contribution in [0.5, 0.6) is 0 Å². The molecule has 0 spiro atoms. The second-order valence-electron chi connectivity index (χ2n) is 6.20. The van der Waals surface area contributed by atoms with Gasteiger partial charge in [0.25, 0.3) is 0 Å². The van der Waals surface area contributed by atoms with Crippen LogP contribution in [0.15, 0.2) is 30.9 Å². The van der Waals surface area contributed by atoms with Gasteiger partial charge in [-0.2, -0.15) is 0 Å². The first-order valence-electron chi connectivity index (χ1n) is 7.67. The summed E-state index contributed by atoms with van der Waals surface area (Å²) in [5.41, 5.74) is 1.00. The molecule has 0 saturated carbocycles. The Balaban J connectivity index is 1.42. The smallest absolute Gasteiger partial charge is 0.186 e. The molecule has 4 rings (SSSR count). The Morgan fingerprint density at radius 2 is 2.18 bits per heavy atom. The van der Waals surface area contributed by atoms with Crippen LogP contribution in [-0.2, 0) is 6.54 Å². The quantitative estimate of drug-likeness (QED) is 0.742. The van der Waals surface area contributed by atoms with Crippen molar-refractivity contribution in [1.82, 2.24) is 19.5 Å². The van der Waals surface area contributed by atoms with E-state index in [1.165, 1.54) is 10.5 Å². The molecule has 0 N–H and O–H groups in total. The minimum Gasteiger partial charge on any atom is -0.347 e. The third-order valence-corrected chi connectivity index (χ3v) is 5.22. The van der Waals surface area contributed by atoms with Crippen molar-refractivity contribution in [3.63, 3.8) is 0 Å². The summed E-state index contributed by atoms with van der Waals surface area (Å²) in [5, 5.41) is 1.12. The monoisotopic (exact) mass is 313 g/mol. The van der Waals surface area contributed by atoms with Crippen LogP contribution < -0.4 is 4.90 Å². The van der Waals surface area contributed by atoms with Gasteiger partial charge in [-0.3, -0.25) is 4.98 Å². The number of thiazole rings is 1. The van der Waals surface area contributed by atoms with Crippen LogP contribution in [0.4, 0.5) is 5.13 Å². The molecule has 0 amide bonds. The number of anilines is 1. The lowest BCUT2D eigenvalue weighted by Crippen LogP contribution is -2.48. The van der Waals surface area contributed by atoms with Crippen LogP contribution in [0.25, 0.3) is 10.2 Å². The fraction of sp³-hybridized carbons (Fsp3) is 0.438. The van der Waals surface area contributed by atoms with Gasteiger partial charge >= 0.3 is 0 Å². The van der Waals surface area contributed by atoms with E-state index in [0.717, 1.165) is 30.3 Å². The van der Waals surface area contributed by atoms with Crippen molar-refractivity contribution in [2.24, 2.45) is 5.92 Å². The van der Waals surface area contributed by atoms with Crippen LogP contribution in [0.3, 0.4) is 0 Å². The van der Waals surface area contributed by atoms with Crippen LogP contribution in [0.1, 0.15) is 25.6 Å². The zero-order chi connectivity index (χ0) is 15.1. The van der Waals surface area contributed by atoms with Crippen molar-refractivity contribution in [1.29, 1.82) is 0 Å². The van der Waals surface area contributed by atoms with E-state index in [4.69, 9.17) is 0 Å². The van der Waals surface area contributed by atoms with Crippen molar-refractivity contribution in [3.8, 4) is 0 Å². The van der Waals surface area contributed by atoms with Crippen molar-refractivity contribution < 1.29 is 0 Å². The molecule has 1 aliphatic heterocycles. The van der Waals surface area contributed by atoms with Crippen LogP contribution in [-0.4, -0.2) is 32.6 Å². The fourth-order valence-corrected chi connectivity index (χ4v) is 3.95. The van der Waals surface area contributed by atoms with E-state index in [0.29, 0.717) is 11.8 Å². The van der Waals surface area contributed by atoms with E-state index in [2.05, 4.69) is 44.5 Å². The fourth-order valence-electron chi connectivity index (χ4n) is 3.00. The summed E-state index contributed by atoms with van der Waals surface area (Å²) in [6.45, 7) is 7.59. The van der Waals surface area contributed by atoms with Gasteiger partial charge in [-0.25, -0.2) is 9.97 Å². The molecular formula is C16H19N5S. The van der Waals surface area contributed by atoms with E-state index in [9.17, 15) is 0 Å². The SMILES string of the molecule is CC(C)c1nccn1CC1CN(c2nc3cnccc3s2)C1. The normalized spacial score (nSPS) is 15.7. The summed E-state index contributed by atoms with van der Waals surface area (Å²) >= 11 is 1.75. The number of imidazole rings is 1. The van der Waals surface area contributed by atoms with Crippen molar-refractivity contribution >= 4 is 26.7 Å². The lowest BCUT2D eigenvalue weighted by molar-refractivity contribution is 0.350. The highest BCUT2D eigenvalue weighted by Gasteiger charge is 2.29. The summed E-state index contributed by atoms with van der Waals surface area (Å²) in [5.74, 6) is 2.34. The van der Waals surface area contributed by atoms with Gasteiger partial charge in [0.2, 0.25) is 0 Å². The number of nitrogens with zero attached hydrogens (tertiary/aromatic N) is 5. The zero-order valence-corrected chi connectivity index (χ0v) is 13.6. The predicted molar refractivity (Wildman–Crippen MR) is 89.4 cm³/mol. The summed E-state index contributed by atoms with van der Waals surface area (Å²) in [6.07, 6.45) is 7.68. The summed E-state index contributed by atoms with van der Waals surface area (Å²) < 4.78 is 3.51. The molecule has 0 bridgehead atoms. The molecule has 0 aliphatic carbocycles. The van der Waals surface area contributed by atoms with Gasteiger partial charge in [-0.05, 0) is 6.07 Å². The molecular weight excluding hydrogens is 294 g/mol. The number of hydrogen-bond acceptors (Lipinski definition) is 5. The number of fused-ring (bicyclic) bond motifs is 1. The van der Waals surface area contributed by atoms with Gasteiger partial charge in [0.1, 0.15) is 11.3 Å². The van der Waals surface area contributed by atoms with Crippen LogP contribution in [0, 0.1) is 5.92 Å². The number of pyridine rings is 1. The van der Waals surface area contributed by atoms with Gasteiger partial charge in [-0.1, -0.05) is 25.2 Å². The third-order valence-electron chi connectivity index (χ3n) is 4.13. The number of aromatic nitrogens is 4. The van der Waals surface area contributed by atoms with Gasteiger partial charge in [0.05, 0.1) is 10.9 Å². The van der Waals surface area contributed by atoms with Crippen molar-refractivity contribution in [3.05, 3.63) is 36.7 Å². The highest BCUT2D eigenvalue weighted by atomic mass is 32.1. The molecule has 0 unspecified atom stereocenters. The Morgan fingerprint density at radius 1 is 1.32 bits per heavy atom. The Morgan fingerprint density at radius 3 is 2.95 bits per heavy atom. The predicted octanol–water partition coefficient (Wildman–Crippen LogP) is 3.15. The Kier molecular flexibility index (Phi) is 3.33. The average Bonchev–Trinajstić information content (AvgIpc) is 3.08. The highest BCUT2D eigenvalue weighted by Crippen LogP contribution is 2.33. The van der Waals surface area contributed by atoms with E-state index in [1.54, 1.807) is 11.3 Å². The number of rotatable bonds is 4. The van der Waals surface area contributed by atoms with Crippen LogP contribution in [0.2, 0.25) is 0 Å². The van der Waals surface area contributed by atoms with E-state index < -0.39 is 0 Å². The van der Waals surface area contributed by atoms with Crippen LogP contribution >= 0.6 is 11.3 Å². The maximum absolute atomic E-state index is 4.67. The molecule has 22 heavy (non-hydrogen) atoms. The standard InChI is InChI=1S/C16H19N5S/c1-11(2)15-18-5-6-20(15)8-12-9-21(10-12)16-19-13-7-17-4-3-14(13)22-16/h3-7,11-12H,8-10H2,1-2H3. The van der Waals surface area contributed by atoms with Gasteiger partial charge in [0, 0.05) is 50.1 Å². The second kappa shape index (κ2) is 5.35. The highest BCUT2D eigenvalue weighted by molar-refractivity contribution is 7.22. The Labute approximate surface area is 133 Å². The molecule has 1 fully saturated rings. The van der Waals surface area contributed by atoms with E-state index >= 15 is 0 Å². The van der Waals surface area contributed by atoms with Gasteiger partial charge in [-0.15, -0.1) is 0 Å². The zero-order valence-electron chi connectivity index (χ0n) is 12.8. The van der Waals surface area contributed by atoms with E-state index in [1.807, 2.05) is 24.7 Å². The summed E-state index contributed by atoms with van der Waals surface area (Å²) in [4.78, 5) is 15.6. The molecule has 3 aromatic rings. The minimum absolute atomic E-state index is 0.475. The van der Waals surface area contributed by atoms with Gasteiger partial charge < -0.3 is 9.47 Å². The largest absolute Gasteiger partial charge is 0.347 e.